The van der Waals surface area contributed by atoms with Gasteiger partial charge in [-0.05, 0) is 43.7 Å². The van der Waals surface area contributed by atoms with Crippen LogP contribution in [0.5, 0.6) is 0 Å². The van der Waals surface area contributed by atoms with E-state index in [0.29, 0.717) is 27.1 Å². The Morgan fingerprint density at radius 3 is 2.45 bits per heavy atom. The number of benzene rings is 1. The predicted molar refractivity (Wildman–Crippen MR) is 123 cm³/mol. The highest BCUT2D eigenvalue weighted by Crippen LogP contribution is 2.28. The van der Waals surface area contributed by atoms with Crippen LogP contribution in [0.1, 0.15) is 34.1 Å². The van der Waals surface area contributed by atoms with Gasteiger partial charge >= 0.3 is 5.97 Å². The lowest BCUT2D eigenvalue weighted by Crippen LogP contribution is -2.55. The number of pyridine rings is 1. The van der Waals surface area contributed by atoms with Gasteiger partial charge in [0, 0.05) is 23.1 Å². The van der Waals surface area contributed by atoms with Gasteiger partial charge in [-0.1, -0.05) is 23.2 Å². The first-order chi connectivity index (χ1) is 15.5. The largest absolute Gasteiger partial charge is 0.462 e. The van der Waals surface area contributed by atoms with Crippen LogP contribution in [0.4, 0.5) is 5.82 Å². The smallest absolute Gasteiger partial charge is 0.340 e. The van der Waals surface area contributed by atoms with E-state index in [1.807, 2.05) is 6.07 Å². The molecule has 0 aliphatic carbocycles. The second-order valence-corrected chi connectivity index (χ2v) is 10.0. The predicted octanol–water partition coefficient (Wildman–Crippen LogP) is 2.83. The minimum atomic E-state index is -3.97. The average molecular weight is 511 g/mol. The molecule has 12 heteroatoms. The van der Waals surface area contributed by atoms with Crippen LogP contribution in [0.15, 0.2) is 24.3 Å². The third-order valence-corrected chi connectivity index (χ3v) is 6.56. The molecular formula is C21H20Cl2N4O5S. The summed E-state index contributed by atoms with van der Waals surface area (Å²) < 4.78 is 31.8. The maximum atomic E-state index is 12.5. The van der Waals surface area contributed by atoms with Gasteiger partial charge in [-0.15, -0.1) is 0 Å². The SMILES string of the molecule is CCOC(=O)c1cc(C#N)c(N2CC(C(=O)NS(=O)(=O)Cc3cc(Cl)cc(Cl)c3)C2)nc1C. The van der Waals surface area contributed by atoms with Gasteiger partial charge in [0.25, 0.3) is 0 Å². The van der Waals surface area contributed by atoms with E-state index in [0.717, 1.165) is 0 Å². The normalized spacial score (nSPS) is 13.7. The Balaban J connectivity index is 1.66. The highest BCUT2D eigenvalue weighted by molar-refractivity contribution is 7.89. The summed E-state index contributed by atoms with van der Waals surface area (Å²) in [5.41, 5.74) is 1.09. The van der Waals surface area contributed by atoms with Crippen molar-refractivity contribution >= 4 is 50.9 Å². The van der Waals surface area contributed by atoms with Gasteiger partial charge in [-0.3, -0.25) is 9.52 Å². The monoisotopic (exact) mass is 510 g/mol. The lowest BCUT2D eigenvalue weighted by molar-refractivity contribution is -0.123. The van der Waals surface area contributed by atoms with Crippen molar-refractivity contribution in [3.8, 4) is 6.07 Å². The van der Waals surface area contributed by atoms with E-state index >= 15 is 0 Å². The van der Waals surface area contributed by atoms with Crippen LogP contribution >= 0.6 is 23.2 Å². The van der Waals surface area contributed by atoms with Crippen LogP contribution in [-0.2, 0) is 25.3 Å². The number of hydrogen-bond donors (Lipinski definition) is 1. The van der Waals surface area contributed by atoms with Crippen molar-refractivity contribution in [3.63, 3.8) is 0 Å². The van der Waals surface area contributed by atoms with Crippen molar-refractivity contribution in [2.75, 3.05) is 24.6 Å². The standard InChI is InChI=1S/C21H20Cl2N4O5S/c1-3-32-21(29)18-6-14(8-24)19(25-12(18)2)27-9-15(10-27)20(28)26-33(30,31)11-13-4-16(22)7-17(23)5-13/h4-7,15H,3,9-11H2,1-2H3,(H,26,28). The molecule has 0 radical (unpaired) electrons. The molecule has 0 atom stereocenters. The summed E-state index contributed by atoms with van der Waals surface area (Å²) in [5.74, 6) is -1.97. The van der Waals surface area contributed by atoms with E-state index in [9.17, 15) is 23.3 Å². The zero-order valence-corrected chi connectivity index (χ0v) is 20.1. The molecular weight excluding hydrogens is 491 g/mol. The molecule has 1 aliphatic heterocycles. The molecule has 2 heterocycles. The van der Waals surface area contributed by atoms with Gasteiger partial charge < -0.3 is 9.64 Å². The molecule has 1 fully saturated rings. The number of aromatic nitrogens is 1. The second-order valence-electron chi connectivity index (χ2n) is 7.43. The van der Waals surface area contributed by atoms with Crippen LogP contribution in [0.3, 0.4) is 0 Å². The molecule has 1 aromatic carbocycles. The van der Waals surface area contributed by atoms with E-state index in [1.165, 1.54) is 24.3 Å². The molecule has 1 aliphatic rings. The maximum Gasteiger partial charge on any atom is 0.340 e. The summed E-state index contributed by atoms with van der Waals surface area (Å²) in [6, 6.07) is 7.80. The Bertz CT molecular complexity index is 1230. The van der Waals surface area contributed by atoms with Crippen LogP contribution < -0.4 is 9.62 Å². The lowest BCUT2D eigenvalue weighted by atomic mass is 9.98. The first-order valence-corrected chi connectivity index (χ1v) is 12.3. The van der Waals surface area contributed by atoms with Crippen molar-refractivity contribution in [1.82, 2.24) is 9.71 Å². The molecule has 2 aromatic rings. The summed E-state index contributed by atoms with van der Waals surface area (Å²) in [7, 11) is -3.97. The zero-order valence-electron chi connectivity index (χ0n) is 17.8. The summed E-state index contributed by atoms with van der Waals surface area (Å²) in [6.45, 7) is 3.83. The van der Waals surface area contributed by atoms with Gasteiger partial charge in [0.05, 0.1) is 35.1 Å². The quantitative estimate of drug-likeness (QED) is 0.562. The molecule has 3 rings (SSSR count). The lowest BCUT2D eigenvalue weighted by Gasteiger charge is -2.39. The summed E-state index contributed by atoms with van der Waals surface area (Å²) in [5, 5.41) is 10.1. The molecule has 0 spiro atoms. The van der Waals surface area contributed by atoms with Crippen molar-refractivity contribution in [2.45, 2.75) is 19.6 Å². The van der Waals surface area contributed by atoms with Crippen LogP contribution in [0.25, 0.3) is 0 Å². The van der Waals surface area contributed by atoms with Gasteiger partial charge in [-0.2, -0.15) is 5.26 Å². The second kappa shape index (κ2) is 9.95. The summed E-state index contributed by atoms with van der Waals surface area (Å²) >= 11 is 11.8. The van der Waals surface area contributed by atoms with Crippen molar-refractivity contribution < 1.29 is 22.7 Å². The van der Waals surface area contributed by atoms with Crippen LogP contribution in [-0.4, -0.2) is 45.0 Å². The van der Waals surface area contributed by atoms with E-state index in [-0.39, 0.29) is 30.8 Å². The molecule has 1 aromatic heterocycles. The van der Waals surface area contributed by atoms with Crippen molar-refractivity contribution in [3.05, 3.63) is 56.7 Å². The van der Waals surface area contributed by atoms with E-state index in [4.69, 9.17) is 27.9 Å². The van der Waals surface area contributed by atoms with Gasteiger partial charge in [-0.25, -0.2) is 18.2 Å². The highest BCUT2D eigenvalue weighted by Gasteiger charge is 2.36. The number of amides is 1. The Labute approximate surface area is 201 Å². The number of aryl methyl sites for hydroxylation is 1. The fourth-order valence-corrected chi connectivity index (χ4v) is 5.06. The number of sulfonamides is 1. The summed E-state index contributed by atoms with van der Waals surface area (Å²) in [6.07, 6.45) is 0. The number of nitrogens with one attached hydrogen (secondary N) is 1. The fraction of sp³-hybridized carbons (Fsp3) is 0.333. The third kappa shape index (κ3) is 5.93. The number of rotatable bonds is 7. The molecule has 0 unspecified atom stereocenters. The molecule has 33 heavy (non-hydrogen) atoms. The Kier molecular flexibility index (Phi) is 7.47. The third-order valence-electron chi connectivity index (χ3n) is 4.90. The maximum absolute atomic E-state index is 12.5. The number of carbonyl (C=O) groups excluding carboxylic acids is 2. The minimum Gasteiger partial charge on any atom is -0.462 e. The molecule has 1 N–H and O–H groups in total. The van der Waals surface area contributed by atoms with Crippen LogP contribution in [0, 0.1) is 24.2 Å². The molecule has 9 nitrogen and oxygen atoms in total. The number of carbonyl (C=O) groups is 2. The number of nitriles is 1. The molecule has 1 saturated heterocycles. The van der Waals surface area contributed by atoms with Gasteiger partial charge in [0.15, 0.2) is 0 Å². The first kappa shape index (κ1) is 24.8. The highest BCUT2D eigenvalue weighted by atomic mass is 35.5. The molecule has 174 valence electrons. The molecule has 0 bridgehead atoms. The number of anilines is 1. The van der Waals surface area contributed by atoms with Crippen molar-refractivity contribution in [2.24, 2.45) is 5.92 Å². The van der Waals surface area contributed by atoms with Gasteiger partial charge in [0.2, 0.25) is 15.9 Å². The molecule has 0 saturated carbocycles. The Hall–Kier alpha value is -2.87. The topological polar surface area (TPSA) is 129 Å². The minimum absolute atomic E-state index is 0.160. The average Bonchev–Trinajstić information content (AvgIpc) is 2.65. The van der Waals surface area contributed by atoms with E-state index in [1.54, 1.807) is 18.7 Å². The zero-order chi connectivity index (χ0) is 24.3. The number of nitrogens with zero attached hydrogens (tertiary/aromatic N) is 3. The summed E-state index contributed by atoms with van der Waals surface area (Å²) in [4.78, 5) is 30.5. The Morgan fingerprint density at radius 1 is 1.24 bits per heavy atom. The first-order valence-electron chi connectivity index (χ1n) is 9.86. The number of esters is 1. The van der Waals surface area contributed by atoms with Crippen molar-refractivity contribution in [1.29, 1.82) is 5.26 Å². The van der Waals surface area contributed by atoms with E-state index < -0.39 is 33.6 Å². The van der Waals surface area contributed by atoms with Crippen LogP contribution in [0.2, 0.25) is 10.0 Å². The number of ether oxygens (including phenoxy) is 1. The Morgan fingerprint density at radius 2 is 1.88 bits per heavy atom. The molecule has 1 amide bonds. The number of hydrogen-bond acceptors (Lipinski definition) is 8. The van der Waals surface area contributed by atoms with E-state index in [2.05, 4.69) is 9.71 Å². The van der Waals surface area contributed by atoms with Gasteiger partial charge in [0.1, 0.15) is 11.9 Å². The fourth-order valence-electron chi connectivity index (χ4n) is 3.34. The number of halogens is 2.